The molecule has 4 aliphatic rings. The van der Waals surface area contributed by atoms with Crippen molar-refractivity contribution in [3.63, 3.8) is 0 Å². The number of carbonyl (C=O) groups excluding carboxylic acids is 5. The molecule has 1 saturated heterocycles. The molecule has 2 saturated carbocycles. The van der Waals surface area contributed by atoms with E-state index in [4.69, 9.17) is 37.6 Å². The van der Waals surface area contributed by atoms with Crippen molar-refractivity contribution in [3.05, 3.63) is 82.9 Å². The van der Waals surface area contributed by atoms with Crippen molar-refractivity contribution in [2.75, 3.05) is 20.8 Å². The lowest BCUT2D eigenvalue weighted by molar-refractivity contribution is -0.347. The molecule has 1 amide bonds. The molecule has 0 unspecified atom stereocenters. The third kappa shape index (κ3) is 9.26. The molecule has 368 valence electrons. The fourth-order valence-electron chi connectivity index (χ4n) is 11.4. The highest BCUT2D eigenvalue weighted by Gasteiger charge is 2.78. The van der Waals surface area contributed by atoms with E-state index < -0.39 is 114 Å². The first kappa shape index (κ1) is 51.9. The fraction of sp³-hybridized carbons (Fsp3) is 0.627. The number of fused-ring (bicyclic) bond motifs is 5. The Labute approximate surface area is 396 Å². The van der Waals surface area contributed by atoms with Crippen LogP contribution in [0.2, 0.25) is 18.1 Å². The molecule has 0 radical (unpaired) electrons. The van der Waals surface area contributed by atoms with Crippen molar-refractivity contribution in [2.45, 2.75) is 167 Å². The van der Waals surface area contributed by atoms with Gasteiger partial charge < -0.3 is 48.0 Å². The number of hydrogen-bond donors (Lipinski definition) is 2. The Balaban J connectivity index is 1.58. The number of methoxy groups -OCH3 is 2. The van der Waals surface area contributed by atoms with E-state index in [1.807, 2.05) is 26.8 Å². The maximum atomic E-state index is 15.8. The number of hydrogen-bond acceptors (Lipinski definition) is 14. The van der Waals surface area contributed by atoms with Crippen molar-refractivity contribution in [2.24, 2.45) is 16.7 Å². The van der Waals surface area contributed by atoms with Gasteiger partial charge in [0.05, 0.1) is 35.6 Å². The number of rotatable bonds is 15. The number of ketones is 1. The van der Waals surface area contributed by atoms with E-state index in [1.165, 1.54) is 21.1 Å². The zero-order valence-corrected chi connectivity index (χ0v) is 42.4. The smallest absolute Gasteiger partial charge is 0.408 e. The Hall–Kier alpha value is -4.45. The Morgan fingerprint density at radius 3 is 2.01 bits per heavy atom. The second kappa shape index (κ2) is 19.5. The average Bonchev–Trinajstić information content (AvgIpc) is 3.27. The minimum Gasteiger partial charge on any atom is -0.456 e. The van der Waals surface area contributed by atoms with Gasteiger partial charge in [-0.1, -0.05) is 83.1 Å². The largest absolute Gasteiger partial charge is 0.456 e. The van der Waals surface area contributed by atoms with Crippen molar-refractivity contribution in [3.8, 4) is 0 Å². The van der Waals surface area contributed by atoms with E-state index in [9.17, 15) is 19.5 Å². The van der Waals surface area contributed by atoms with E-state index in [2.05, 4.69) is 5.32 Å². The number of aliphatic hydroxyl groups is 1. The number of carbonyl (C=O) groups is 5. The Morgan fingerprint density at radius 2 is 1.51 bits per heavy atom. The standard InChI is InChI=1S/C51H71NO14Si/c1-14-67(15-2,16-3)66-40(38(32-23-19-17-20-24-32)52-46(57)65-47(6,7)8)45(56)62-34-28-51(58)43(63-44(55)33-25-21-18-22-26-33)41-49(11,42(54)39(60-13)37(30(34)4)48(51,9)10)35(59-12)27-36-50(41,29-61-36)64-31(5)53/h17-26,34-36,38-41,43,58H,14-16,27-29H2,1-13H3,(H,52,57)/t34-,35-,36+,38-,39+,40+,41-,43-,49+,50-,51+/m0/s1. The summed E-state index contributed by atoms with van der Waals surface area (Å²) in [6.07, 6.45) is -8.37. The van der Waals surface area contributed by atoms with Crippen LogP contribution in [0.25, 0.3) is 0 Å². The van der Waals surface area contributed by atoms with Crippen LogP contribution < -0.4 is 5.32 Å². The van der Waals surface area contributed by atoms with Crippen molar-refractivity contribution < 1.29 is 66.7 Å². The molecule has 3 fully saturated rings. The number of alkyl carbamates (subject to hydrolysis) is 1. The number of nitrogens with one attached hydrogen (secondary N) is 1. The minimum atomic E-state index is -2.69. The van der Waals surface area contributed by atoms with Crippen molar-refractivity contribution in [1.29, 1.82) is 0 Å². The highest BCUT2D eigenvalue weighted by molar-refractivity contribution is 6.73. The molecule has 11 atom stereocenters. The lowest BCUT2D eigenvalue weighted by atomic mass is 9.44. The maximum absolute atomic E-state index is 15.8. The molecule has 0 spiro atoms. The second-order valence-corrected chi connectivity index (χ2v) is 25.1. The van der Waals surface area contributed by atoms with E-state index in [0.29, 0.717) is 34.8 Å². The van der Waals surface area contributed by atoms with E-state index in [-0.39, 0.29) is 25.0 Å². The summed E-state index contributed by atoms with van der Waals surface area (Å²) in [7, 11) is 0.167. The Bertz CT molecular complexity index is 2180. The van der Waals surface area contributed by atoms with Gasteiger partial charge in [0.15, 0.2) is 25.8 Å². The Morgan fingerprint density at radius 1 is 0.910 bits per heavy atom. The maximum Gasteiger partial charge on any atom is 0.408 e. The molecule has 16 heteroatoms. The molecule has 2 aromatic carbocycles. The minimum absolute atomic E-state index is 0.137. The predicted octanol–water partition coefficient (Wildman–Crippen LogP) is 7.60. The van der Waals surface area contributed by atoms with Crippen molar-refractivity contribution >= 4 is 38.1 Å². The summed E-state index contributed by atoms with van der Waals surface area (Å²) in [5.41, 5.74) is -6.26. The number of Topliss-reactive ketones (excluding diaryl/α,β-unsaturated/α-hetero) is 1. The van der Waals surface area contributed by atoms with Gasteiger partial charge in [0.2, 0.25) is 0 Å². The SMILES string of the molecule is CC[Si](CC)(CC)O[C@@H](C(=O)O[C@H]1C[C@@]2(O)[C@@H](OC(=O)c3ccccc3)[C@@H]3[C@]4(OC(C)=O)CO[C@@H]4C[C@H](OC)[C@@]3(C)C(=O)[C@H](OC)C(=C1C)C2(C)C)[C@@H](NC(=O)OC(C)(C)C)c1ccccc1. The van der Waals surface area contributed by atoms with E-state index in [0.717, 1.165) is 0 Å². The third-order valence-electron chi connectivity index (χ3n) is 15.3. The van der Waals surface area contributed by atoms with Gasteiger partial charge in [-0.05, 0) is 81.6 Å². The van der Waals surface area contributed by atoms with E-state index >= 15 is 9.59 Å². The highest BCUT2D eigenvalue weighted by Crippen LogP contribution is 2.65. The summed E-state index contributed by atoms with van der Waals surface area (Å²) in [4.78, 5) is 72.6. The number of ether oxygens (including phenoxy) is 7. The van der Waals surface area contributed by atoms with Gasteiger partial charge in [-0.2, -0.15) is 0 Å². The molecule has 3 aliphatic carbocycles. The van der Waals surface area contributed by atoms with Crippen LogP contribution in [0.5, 0.6) is 0 Å². The van der Waals surface area contributed by atoms with Gasteiger partial charge in [-0.15, -0.1) is 0 Å². The molecule has 1 heterocycles. The average molecular weight is 950 g/mol. The first-order valence-electron chi connectivity index (χ1n) is 23.5. The van der Waals surface area contributed by atoms with Crippen LogP contribution in [-0.4, -0.2) is 117 Å². The molecule has 0 aromatic heterocycles. The predicted molar refractivity (Wildman–Crippen MR) is 249 cm³/mol. The molecular weight excluding hydrogens is 879 g/mol. The van der Waals surface area contributed by atoms with Gasteiger partial charge in [0.25, 0.3) is 0 Å². The lowest BCUT2D eigenvalue weighted by Gasteiger charge is -2.67. The topological polar surface area (TPSA) is 191 Å². The van der Waals surface area contributed by atoms with E-state index in [1.54, 1.807) is 103 Å². The molecule has 2 aromatic rings. The quantitative estimate of drug-likeness (QED) is 0.0768. The summed E-state index contributed by atoms with van der Waals surface area (Å²) in [6, 6.07) is 18.1. The monoisotopic (exact) mass is 949 g/mol. The van der Waals surface area contributed by atoms with Crippen LogP contribution >= 0.6 is 0 Å². The zero-order valence-electron chi connectivity index (χ0n) is 41.4. The molecule has 1 aliphatic heterocycles. The van der Waals surface area contributed by atoms with Gasteiger partial charge >= 0.3 is 24.0 Å². The first-order chi connectivity index (χ1) is 31.4. The fourth-order valence-corrected chi connectivity index (χ4v) is 14.2. The van der Waals surface area contributed by atoms with Crippen LogP contribution in [-0.2, 0) is 52.0 Å². The molecule has 2 N–H and O–H groups in total. The van der Waals surface area contributed by atoms with Gasteiger partial charge in [-0.25, -0.2) is 14.4 Å². The van der Waals surface area contributed by atoms with Gasteiger partial charge in [-0.3, -0.25) is 9.59 Å². The van der Waals surface area contributed by atoms with Gasteiger partial charge in [0.1, 0.15) is 35.6 Å². The summed E-state index contributed by atoms with van der Waals surface area (Å²) in [5, 5.41) is 17.0. The summed E-state index contributed by atoms with van der Waals surface area (Å²) >= 11 is 0. The second-order valence-electron chi connectivity index (χ2n) is 20.3. The molecule has 67 heavy (non-hydrogen) atoms. The third-order valence-corrected chi connectivity index (χ3v) is 19.9. The molecule has 15 nitrogen and oxygen atoms in total. The summed E-state index contributed by atoms with van der Waals surface area (Å²) in [5.74, 6) is -4.08. The highest BCUT2D eigenvalue weighted by atomic mass is 28.4. The van der Waals surface area contributed by atoms with Crippen molar-refractivity contribution in [1.82, 2.24) is 5.32 Å². The number of benzene rings is 2. The molecular formula is C51H71NO14Si. The van der Waals surface area contributed by atoms with Crippen LogP contribution in [0, 0.1) is 16.7 Å². The summed E-state index contributed by atoms with van der Waals surface area (Å²) < 4.78 is 50.7. The summed E-state index contributed by atoms with van der Waals surface area (Å²) in [6.45, 7) is 19.3. The first-order valence-corrected chi connectivity index (χ1v) is 26.0. The number of esters is 3. The molecule has 6 rings (SSSR count). The van der Waals surface area contributed by atoms with Crippen LogP contribution in [0.4, 0.5) is 4.79 Å². The Kier molecular flexibility index (Phi) is 15.1. The molecule has 2 bridgehead atoms. The zero-order chi connectivity index (χ0) is 49.5. The van der Waals surface area contributed by atoms with Gasteiger partial charge in [0, 0.05) is 39.4 Å². The van der Waals surface area contributed by atoms with Crippen LogP contribution in [0.1, 0.15) is 111 Å². The lowest BCUT2D eigenvalue weighted by Crippen LogP contribution is -2.82. The number of amides is 1. The van der Waals surface area contributed by atoms with Crippen LogP contribution in [0.15, 0.2) is 71.8 Å². The normalized spacial score (nSPS) is 31.0. The van der Waals surface area contributed by atoms with Crippen LogP contribution in [0.3, 0.4) is 0 Å².